The molecule has 2 heterocycles. The highest BCUT2D eigenvalue weighted by Gasteiger charge is 2.22. The monoisotopic (exact) mass is 353 g/mol. The van der Waals surface area contributed by atoms with Crippen molar-refractivity contribution in [2.45, 2.75) is 40.5 Å². The molecular formula is C15H19N3O3S2. The largest absolute Gasteiger partial charge is 0.462 e. The molecule has 2 aromatic rings. The number of esters is 1. The maximum Gasteiger partial charge on any atom is 0.350 e. The molecule has 0 bridgehead atoms. The van der Waals surface area contributed by atoms with Gasteiger partial charge in [0.05, 0.1) is 23.0 Å². The van der Waals surface area contributed by atoms with E-state index >= 15 is 0 Å². The first-order valence-corrected chi connectivity index (χ1v) is 8.90. The van der Waals surface area contributed by atoms with Gasteiger partial charge in [0.2, 0.25) is 0 Å². The molecule has 0 spiro atoms. The van der Waals surface area contributed by atoms with Gasteiger partial charge in [-0.2, -0.15) is 0 Å². The van der Waals surface area contributed by atoms with E-state index < -0.39 is 5.97 Å². The quantitative estimate of drug-likeness (QED) is 0.828. The zero-order chi connectivity index (χ0) is 17.1. The SMILES string of the molecule is CCOC(=O)c1sc(NC(=O)c2sc(C)nc2C(C)C)nc1C. The zero-order valence-electron chi connectivity index (χ0n) is 13.7. The van der Waals surface area contributed by atoms with E-state index in [0.29, 0.717) is 27.2 Å². The van der Waals surface area contributed by atoms with E-state index in [0.717, 1.165) is 22.0 Å². The van der Waals surface area contributed by atoms with Crippen LogP contribution in [-0.4, -0.2) is 28.5 Å². The van der Waals surface area contributed by atoms with Crippen LogP contribution in [0.1, 0.15) is 62.4 Å². The Morgan fingerprint density at radius 2 is 1.87 bits per heavy atom. The molecule has 0 aliphatic rings. The molecule has 0 aliphatic heterocycles. The van der Waals surface area contributed by atoms with Crippen LogP contribution in [-0.2, 0) is 4.74 Å². The lowest BCUT2D eigenvalue weighted by Gasteiger charge is -2.04. The predicted molar refractivity (Wildman–Crippen MR) is 91.7 cm³/mol. The van der Waals surface area contributed by atoms with E-state index in [1.165, 1.54) is 11.3 Å². The molecule has 8 heteroatoms. The van der Waals surface area contributed by atoms with E-state index in [2.05, 4.69) is 15.3 Å². The van der Waals surface area contributed by atoms with Gasteiger partial charge >= 0.3 is 5.97 Å². The Morgan fingerprint density at radius 1 is 1.17 bits per heavy atom. The lowest BCUT2D eigenvalue weighted by atomic mass is 10.1. The summed E-state index contributed by atoms with van der Waals surface area (Å²) in [6.07, 6.45) is 0. The van der Waals surface area contributed by atoms with Crippen molar-refractivity contribution in [2.24, 2.45) is 0 Å². The van der Waals surface area contributed by atoms with Crippen LogP contribution in [0.3, 0.4) is 0 Å². The van der Waals surface area contributed by atoms with Gasteiger partial charge in [0.25, 0.3) is 5.91 Å². The van der Waals surface area contributed by atoms with Gasteiger partial charge in [-0.05, 0) is 26.7 Å². The van der Waals surface area contributed by atoms with Gasteiger partial charge in [-0.3, -0.25) is 10.1 Å². The number of carbonyl (C=O) groups is 2. The topological polar surface area (TPSA) is 81.2 Å². The summed E-state index contributed by atoms with van der Waals surface area (Å²) in [6.45, 7) is 9.64. The van der Waals surface area contributed by atoms with Crippen LogP contribution >= 0.6 is 22.7 Å². The average Bonchev–Trinajstić information content (AvgIpc) is 3.02. The summed E-state index contributed by atoms with van der Waals surface area (Å²) in [6, 6.07) is 0. The molecule has 0 atom stereocenters. The molecule has 0 radical (unpaired) electrons. The first-order chi connectivity index (χ1) is 10.8. The fourth-order valence-electron chi connectivity index (χ4n) is 1.99. The number of thiazole rings is 2. The summed E-state index contributed by atoms with van der Waals surface area (Å²) in [4.78, 5) is 33.9. The number of anilines is 1. The predicted octanol–water partition coefficient (Wildman–Crippen LogP) is 3.77. The number of hydrogen-bond acceptors (Lipinski definition) is 7. The number of rotatable bonds is 5. The summed E-state index contributed by atoms with van der Waals surface area (Å²) in [5.41, 5.74) is 1.33. The lowest BCUT2D eigenvalue weighted by Crippen LogP contribution is -2.12. The minimum atomic E-state index is -0.417. The second kappa shape index (κ2) is 7.18. The number of aryl methyl sites for hydroxylation is 2. The number of aromatic nitrogens is 2. The molecule has 0 aromatic carbocycles. The van der Waals surface area contributed by atoms with Crippen LogP contribution in [0.2, 0.25) is 0 Å². The molecule has 0 saturated heterocycles. The number of nitrogens with one attached hydrogen (secondary N) is 1. The summed E-state index contributed by atoms with van der Waals surface area (Å²) >= 11 is 2.48. The second-order valence-corrected chi connectivity index (χ2v) is 7.41. The lowest BCUT2D eigenvalue weighted by molar-refractivity contribution is 0.0531. The molecule has 2 rings (SSSR count). The van der Waals surface area contributed by atoms with Gasteiger partial charge in [-0.1, -0.05) is 25.2 Å². The van der Waals surface area contributed by atoms with E-state index in [4.69, 9.17) is 4.74 Å². The normalized spacial score (nSPS) is 10.9. The zero-order valence-corrected chi connectivity index (χ0v) is 15.4. The highest BCUT2D eigenvalue weighted by molar-refractivity contribution is 7.18. The van der Waals surface area contributed by atoms with Crippen molar-refractivity contribution in [1.29, 1.82) is 0 Å². The van der Waals surface area contributed by atoms with Crippen LogP contribution < -0.4 is 5.32 Å². The molecule has 1 N–H and O–H groups in total. The third-order valence-corrected chi connectivity index (χ3v) is 5.03. The number of nitrogens with zero attached hydrogens (tertiary/aromatic N) is 2. The van der Waals surface area contributed by atoms with Crippen LogP contribution in [0.25, 0.3) is 0 Å². The molecule has 2 aromatic heterocycles. The van der Waals surface area contributed by atoms with Crippen LogP contribution in [0, 0.1) is 13.8 Å². The molecule has 0 unspecified atom stereocenters. The minimum Gasteiger partial charge on any atom is -0.462 e. The summed E-state index contributed by atoms with van der Waals surface area (Å²) < 4.78 is 4.98. The molecule has 1 amide bonds. The Bertz CT molecular complexity index is 734. The van der Waals surface area contributed by atoms with Crippen molar-refractivity contribution < 1.29 is 14.3 Å². The fourth-order valence-corrected chi connectivity index (χ4v) is 3.81. The van der Waals surface area contributed by atoms with Gasteiger partial charge in [-0.25, -0.2) is 14.8 Å². The van der Waals surface area contributed by atoms with Crippen LogP contribution in [0.4, 0.5) is 5.13 Å². The maximum atomic E-state index is 12.5. The Labute approximate surface area is 142 Å². The van der Waals surface area contributed by atoms with Crippen molar-refractivity contribution in [3.05, 3.63) is 26.1 Å². The summed E-state index contributed by atoms with van der Waals surface area (Å²) in [5, 5.41) is 3.99. The van der Waals surface area contributed by atoms with Crippen LogP contribution in [0.5, 0.6) is 0 Å². The highest BCUT2D eigenvalue weighted by Crippen LogP contribution is 2.28. The smallest absolute Gasteiger partial charge is 0.350 e. The average molecular weight is 353 g/mol. The van der Waals surface area contributed by atoms with Crippen molar-refractivity contribution in [2.75, 3.05) is 11.9 Å². The molecule has 0 aliphatic carbocycles. The third kappa shape index (κ3) is 3.94. The van der Waals surface area contributed by atoms with Gasteiger partial charge < -0.3 is 4.74 Å². The Hall–Kier alpha value is -1.80. The Kier molecular flexibility index (Phi) is 5.48. The fraction of sp³-hybridized carbons (Fsp3) is 0.467. The number of amides is 1. The van der Waals surface area contributed by atoms with Crippen molar-refractivity contribution >= 4 is 39.7 Å². The molecule has 0 fully saturated rings. The molecule has 124 valence electrons. The van der Waals surface area contributed by atoms with Crippen molar-refractivity contribution in [3.63, 3.8) is 0 Å². The number of hydrogen-bond donors (Lipinski definition) is 1. The van der Waals surface area contributed by atoms with E-state index in [-0.39, 0.29) is 11.8 Å². The van der Waals surface area contributed by atoms with Crippen molar-refractivity contribution in [1.82, 2.24) is 9.97 Å². The molecule has 0 saturated carbocycles. The van der Waals surface area contributed by atoms with Crippen molar-refractivity contribution in [3.8, 4) is 0 Å². The molecule has 6 nitrogen and oxygen atoms in total. The highest BCUT2D eigenvalue weighted by atomic mass is 32.1. The van der Waals surface area contributed by atoms with Gasteiger partial charge in [0.15, 0.2) is 5.13 Å². The van der Waals surface area contributed by atoms with Gasteiger partial charge in [0, 0.05) is 0 Å². The van der Waals surface area contributed by atoms with E-state index in [1.807, 2.05) is 20.8 Å². The summed E-state index contributed by atoms with van der Waals surface area (Å²) in [5.74, 6) is -0.503. The van der Waals surface area contributed by atoms with Gasteiger partial charge in [-0.15, -0.1) is 11.3 Å². The first kappa shape index (κ1) is 17.6. The second-order valence-electron chi connectivity index (χ2n) is 5.21. The number of carbonyl (C=O) groups excluding carboxylic acids is 2. The minimum absolute atomic E-state index is 0.161. The summed E-state index contributed by atoms with van der Waals surface area (Å²) in [7, 11) is 0. The molecule has 23 heavy (non-hydrogen) atoms. The van der Waals surface area contributed by atoms with Gasteiger partial charge in [0.1, 0.15) is 9.75 Å². The standard InChI is InChI=1S/C15H19N3O3S2/c1-6-21-14(20)11-8(4)16-15(23-11)18-13(19)12-10(7(2)3)17-9(5)22-12/h7H,6H2,1-5H3,(H,16,18,19). The van der Waals surface area contributed by atoms with E-state index in [9.17, 15) is 9.59 Å². The number of ether oxygens (including phenoxy) is 1. The molecular weight excluding hydrogens is 334 g/mol. The Morgan fingerprint density at radius 3 is 2.48 bits per heavy atom. The third-order valence-electron chi connectivity index (χ3n) is 2.99. The first-order valence-electron chi connectivity index (χ1n) is 7.26. The van der Waals surface area contributed by atoms with Crippen LogP contribution in [0.15, 0.2) is 0 Å². The maximum absolute atomic E-state index is 12.5. The van der Waals surface area contributed by atoms with E-state index in [1.54, 1.807) is 13.8 Å². The Balaban J connectivity index is 2.21.